The molecule has 1 atom stereocenters. The third kappa shape index (κ3) is 36.8. The number of aliphatic hydroxyl groups excluding tert-OH is 2. The van der Waals surface area contributed by atoms with Gasteiger partial charge >= 0.3 is 5.97 Å². The van der Waals surface area contributed by atoms with Crippen LogP contribution in [0.15, 0.2) is 12.2 Å². The van der Waals surface area contributed by atoms with Crippen LogP contribution in [-0.2, 0) is 14.3 Å². The third-order valence-corrected chi connectivity index (χ3v) is 10.0. The molecule has 0 amide bonds. The van der Waals surface area contributed by atoms with Crippen LogP contribution in [0.5, 0.6) is 0 Å². The predicted molar refractivity (Wildman–Crippen MR) is 215 cm³/mol. The summed E-state index contributed by atoms with van der Waals surface area (Å²) in [6.07, 6.45) is 40.1. The fourth-order valence-electron chi connectivity index (χ4n) is 6.76. The number of allylic oxidation sites excluding steroid dienone is 1. The predicted octanol–water partition coefficient (Wildman–Crippen LogP) is 12.2. The molecule has 2 N–H and O–H groups in total. The summed E-state index contributed by atoms with van der Waals surface area (Å²) in [4.78, 5) is 14.3. The monoisotopic (exact) mass is 710 g/mol. The lowest BCUT2D eigenvalue weighted by Crippen LogP contribution is -2.29. The molecule has 0 rings (SSSR count). The Morgan fingerprint density at radius 3 is 1.56 bits per heavy atom. The number of carbonyl (C=O) groups is 1. The summed E-state index contributed by atoms with van der Waals surface area (Å²) in [5.74, 6) is -0.0782. The van der Waals surface area contributed by atoms with Crippen LogP contribution < -0.4 is 0 Å². The van der Waals surface area contributed by atoms with Gasteiger partial charge in [0.05, 0.1) is 12.7 Å². The van der Waals surface area contributed by atoms with Crippen LogP contribution in [0.25, 0.3) is 0 Å². The smallest absolute Gasteiger partial charge is 0.306 e. The second-order valence-electron chi connectivity index (χ2n) is 15.0. The van der Waals surface area contributed by atoms with E-state index in [-0.39, 0.29) is 18.7 Å². The lowest BCUT2D eigenvalue weighted by molar-refractivity contribution is -0.144. The zero-order valence-corrected chi connectivity index (χ0v) is 33.8. The molecule has 0 aliphatic rings. The molecule has 0 aromatic rings. The van der Waals surface area contributed by atoms with E-state index in [4.69, 9.17) is 9.47 Å². The maximum absolute atomic E-state index is 11.9. The Hall–Kier alpha value is -0.950. The van der Waals surface area contributed by atoms with Gasteiger partial charge in [-0.2, -0.15) is 0 Å². The standard InChI is InChI=1S/C44H87NO5/c1-4-7-10-13-16-25-32-41-49-43(47)35-28-21-17-23-30-37-45(39-40-46)38-31-24-18-22-29-36-44(48)50-42(33-26-19-14-11-8-5-2)34-27-20-15-12-9-6-3/h25,32,42,44,46,48H,4-24,26-31,33-41H2,1-3H3/b32-25-. The van der Waals surface area contributed by atoms with E-state index < -0.39 is 6.29 Å². The molecule has 0 aliphatic carbocycles. The lowest BCUT2D eigenvalue weighted by Gasteiger charge is -2.22. The van der Waals surface area contributed by atoms with Crippen molar-refractivity contribution in [1.29, 1.82) is 0 Å². The van der Waals surface area contributed by atoms with Gasteiger partial charge in [-0.25, -0.2) is 0 Å². The molecule has 0 fully saturated rings. The Morgan fingerprint density at radius 2 is 1.02 bits per heavy atom. The number of aliphatic hydroxyl groups is 2. The van der Waals surface area contributed by atoms with E-state index in [2.05, 4.69) is 31.7 Å². The molecule has 0 radical (unpaired) electrons. The minimum Gasteiger partial charge on any atom is -0.461 e. The van der Waals surface area contributed by atoms with Crippen molar-refractivity contribution in [2.24, 2.45) is 0 Å². The van der Waals surface area contributed by atoms with E-state index in [0.717, 1.165) is 90.3 Å². The summed E-state index contributed by atoms with van der Waals surface area (Å²) in [6.45, 7) is 10.2. The van der Waals surface area contributed by atoms with Crippen molar-refractivity contribution in [3.8, 4) is 0 Å². The summed E-state index contributed by atoms with van der Waals surface area (Å²) in [6, 6.07) is 0. The van der Waals surface area contributed by atoms with Crippen molar-refractivity contribution in [1.82, 2.24) is 4.90 Å². The van der Waals surface area contributed by atoms with Gasteiger partial charge in [0.25, 0.3) is 0 Å². The second kappa shape index (κ2) is 40.8. The molecular formula is C44H87NO5. The number of hydrogen-bond acceptors (Lipinski definition) is 6. The molecule has 0 saturated carbocycles. The average Bonchev–Trinajstić information content (AvgIpc) is 3.11. The van der Waals surface area contributed by atoms with Crippen LogP contribution in [0.2, 0.25) is 0 Å². The molecule has 50 heavy (non-hydrogen) atoms. The first-order valence-corrected chi connectivity index (χ1v) is 22.0. The number of hydrogen-bond donors (Lipinski definition) is 2. The molecule has 0 bridgehead atoms. The van der Waals surface area contributed by atoms with Crippen molar-refractivity contribution in [3.05, 3.63) is 12.2 Å². The van der Waals surface area contributed by atoms with Crippen molar-refractivity contribution in [2.75, 3.05) is 32.8 Å². The van der Waals surface area contributed by atoms with Crippen molar-refractivity contribution >= 4 is 5.97 Å². The highest BCUT2D eigenvalue weighted by atomic mass is 16.6. The van der Waals surface area contributed by atoms with Crippen LogP contribution in [-0.4, -0.2) is 66.3 Å². The van der Waals surface area contributed by atoms with E-state index in [0.29, 0.717) is 13.0 Å². The quantitative estimate of drug-likeness (QED) is 0.0285. The number of unbranched alkanes of at least 4 members (excludes halogenated alkanes) is 22. The zero-order chi connectivity index (χ0) is 36.6. The molecule has 0 aliphatic heterocycles. The maximum atomic E-state index is 11.9. The SMILES string of the molecule is CCCCCC/C=C\COC(=O)CCCCCCCN(CCO)CCCCCCCC(O)OC(CCCCCCCC)CCCCCCCC. The molecule has 0 aromatic carbocycles. The first-order chi connectivity index (χ1) is 24.6. The van der Waals surface area contributed by atoms with Crippen molar-refractivity contribution in [3.63, 3.8) is 0 Å². The Morgan fingerprint density at radius 1 is 0.560 bits per heavy atom. The third-order valence-electron chi connectivity index (χ3n) is 10.0. The van der Waals surface area contributed by atoms with Gasteiger partial charge in [0.15, 0.2) is 6.29 Å². The summed E-state index contributed by atoms with van der Waals surface area (Å²) in [5, 5.41) is 20.2. The van der Waals surface area contributed by atoms with Gasteiger partial charge in [0.2, 0.25) is 0 Å². The number of esters is 1. The van der Waals surface area contributed by atoms with Gasteiger partial charge in [-0.3, -0.25) is 4.79 Å². The second-order valence-corrected chi connectivity index (χ2v) is 15.0. The normalized spacial score (nSPS) is 12.5. The highest BCUT2D eigenvalue weighted by Gasteiger charge is 2.15. The van der Waals surface area contributed by atoms with E-state index in [1.54, 1.807) is 0 Å². The molecule has 298 valence electrons. The van der Waals surface area contributed by atoms with Gasteiger partial charge in [0, 0.05) is 13.0 Å². The van der Waals surface area contributed by atoms with Gasteiger partial charge in [-0.15, -0.1) is 0 Å². The maximum Gasteiger partial charge on any atom is 0.306 e. The number of nitrogens with zero attached hydrogens (tertiary/aromatic N) is 1. The molecule has 0 heterocycles. The lowest BCUT2D eigenvalue weighted by atomic mass is 10.0. The van der Waals surface area contributed by atoms with Gasteiger partial charge in [-0.1, -0.05) is 168 Å². The Bertz CT molecular complexity index is 686. The van der Waals surface area contributed by atoms with Crippen molar-refractivity contribution in [2.45, 2.75) is 232 Å². The van der Waals surface area contributed by atoms with Gasteiger partial charge in [0.1, 0.15) is 6.61 Å². The van der Waals surface area contributed by atoms with Crippen molar-refractivity contribution < 1.29 is 24.5 Å². The Labute approximate surface area is 311 Å². The average molecular weight is 710 g/mol. The largest absolute Gasteiger partial charge is 0.461 e. The molecule has 1 unspecified atom stereocenters. The van der Waals surface area contributed by atoms with Crippen LogP contribution in [0.3, 0.4) is 0 Å². The number of ether oxygens (including phenoxy) is 2. The fraction of sp³-hybridized carbons (Fsp3) is 0.932. The number of carbonyl (C=O) groups excluding carboxylic acids is 1. The summed E-state index contributed by atoms with van der Waals surface area (Å²) in [5.41, 5.74) is 0. The minimum atomic E-state index is -0.619. The highest BCUT2D eigenvalue weighted by Crippen LogP contribution is 2.20. The summed E-state index contributed by atoms with van der Waals surface area (Å²) < 4.78 is 11.5. The van der Waals surface area contributed by atoms with Crippen LogP contribution in [0, 0.1) is 0 Å². The van der Waals surface area contributed by atoms with E-state index in [9.17, 15) is 15.0 Å². The summed E-state index contributed by atoms with van der Waals surface area (Å²) in [7, 11) is 0. The Balaban J connectivity index is 3.97. The summed E-state index contributed by atoms with van der Waals surface area (Å²) >= 11 is 0. The molecule has 0 spiro atoms. The van der Waals surface area contributed by atoms with Crippen LogP contribution >= 0.6 is 0 Å². The highest BCUT2D eigenvalue weighted by molar-refractivity contribution is 5.69. The van der Waals surface area contributed by atoms with Gasteiger partial charge < -0.3 is 24.6 Å². The first-order valence-electron chi connectivity index (χ1n) is 22.0. The molecule has 6 nitrogen and oxygen atoms in total. The molecule has 0 saturated heterocycles. The van der Waals surface area contributed by atoms with E-state index in [1.165, 1.54) is 122 Å². The van der Waals surface area contributed by atoms with E-state index in [1.807, 2.05) is 6.08 Å². The van der Waals surface area contributed by atoms with Crippen LogP contribution in [0.4, 0.5) is 0 Å². The zero-order valence-electron chi connectivity index (χ0n) is 33.8. The molecular weight excluding hydrogens is 622 g/mol. The molecule has 0 aromatic heterocycles. The number of rotatable bonds is 41. The van der Waals surface area contributed by atoms with Gasteiger partial charge in [-0.05, 0) is 70.9 Å². The van der Waals surface area contributed by atoms with E-state index >= 15 is 0 Å². The first kappa shape index (κ1) is 49.0. The minimum absolute atomic E-state index is 0.0782. The topological polar surface area (TPSA) is 79.2 Å². The van der Waals surface area contributed by atoms with Crippen LogP contribution in [0.1, 0.15) is 220 Å². The molecule has 6 heteroatoms. The Kier molecular flexibility index (Phi) is 40.0. The fourth-order valence-corrected chi connectivity index (χ4v) is 6.76.